The number of nitrogens with two attached hydrogens (primary N) is 1. The fraction of sp³-hybridized carbons (Fsp3) is 0.533. The lowest BCUT2D eigenvalue weighted by molar-refractivity contribution is 0.0774. The molecule has 1 saturated carbocycles. The van der Waals surface area contributed by atoms with Crippen molar-refractivity contribution in [1.29, 1.82) is 0 Å². The number of benzene rings is 1. The third-order valence-electron chi connectivity index (χ3n) is 4.68. The molecule has 21 heavy (non-hydrogen) atoms. The van der Waals surface area contributed by atoms with E-state index in [2.05, 4.69) is 0 Å². The van der Waals surface area contributed by atoms with Gasteiger partial charge in [0.15, 0.2) is 0 Å². The van der Waals surface area contributed by atoms with Gasteiger partial charge in [0.25, 0.3) is 5.91 Å². The molecule has 2 fully saturated rings. The Bertz CT molecular complexity index is 567. The van der Waals surface area contributed by atoms with Gasteiger partial charge in [-0.1, -0.05) is 0 Å². The molecule has 0 bridgehead atoms. The number of likely N-dealkylation sites (tertiary alicyclic amines) is 1. The van der Waals surface area contributed by atoms with Crippen LogP contribution >= 0.6 is 12.4 Å². The zero-order valence-corrected chi connectivity index (χ0v) is 12.6. The van der Waals surface area contributed by atoms with E-state index in [1.165, 1.54) is 13.0 Å². The van der Waals surface area contributed by atoms with E-state index >= 15 is 0 Å². The molecule has 1 aliphatic carbocycles. The summed E-state index contributed by atoms with van der Waals surface area (Å²) in [7, 11) is 0. The molecule has 3 unspecified atom stereocenters. The predicted molar refractivity (Wildman–Crippen MR) is 78.4 cm³/mol. The van der Waals surface area contributed by atoms with Crippen LogP contribution in [0.1, 0.15) is 28.8 Å². The number of hydrogen-bond acceptors (Lipinski definition) is 2. The number of hydrogen-bond donors (Lipinski definition) is 1. The minimum Gasteiger partial charge on any atom is -0.338 e. The summed E-state index contributed by atoms with van der Waals surface area (Å²) < 4.78 is 27.0. The molecule has 2 N–H and O–H groups in total. The molecule has 3 nitrogen and oxygen atoms in total. The molecule has 3 atom stereocenters. The Kier molecular flexibility index (Phi) is 4.54. The summed E-state index contributed by atoms with van der Waals surface area (Å²) in [5.74, 6) is -1.02. The van der Waals surface area contributed by atoms with Crippen LogP contribution in [0.2, 0.25) is 0 Å². The Balaban J connectivity index is 0.00000161. The zero-order chi connectivity index (χ0) is 14.4. The quantitative estimate of drug-likeness (QED) is 0.865. The average molecular weight is 317 g/mol. The van der Waals surface area contributed by atoms with E-state index in [-0.39, 0.29) is 35.5 Å². The molecule has 3 rings (SSSR count). The van der Waals surface area contributed by atoms with Crippen LogP contribution in [0.3, 0.4) is 0 Å². The molecule has 1 amide bonds. The Morgan fingerprint density at radius 2 is 1.95 bits per heavy atom. The van der Waals surface area contributed by atoms with Crippen LogP contribution in [0, 0.1) is 30.4 Å². The van der Waals surface area contributed by atoms with Crippen LogP contribution in [0.15, 0.2) is 12.1 Å². The molecule has 2 aliphatic rings. The summed E-state index contributed by atoms with van der Waals surface area (Å²) in [6.45, 7) is 2.74. The van der Waals surface area contributed by atoms with Gasteiger partial charge in [-0.05, 0) is 43.2 Å². The molecule has 1 heterocycles. The largest absolute Gasteiger partial charge is 0.338 e. The SMILES string of the molecule is Cc1cc(C(=O)N2CC3CCC(N)C3C2)c(F)cc1F.Cl. The topological polar surface area (TPSA) is 46.3 Å². The Hall–Kier alpha value is -1.20. The number of nitrogens with zero attached hydrogens (tertiary/aromatic N) is 1. The standard InChI is InChI=1S/C15H18F2N2O.ClH/c1-8-4-10(13(17)5-12(8)16)15(20)19-6-9-2-3-14(18)11(9)7-19;/h4-5,9,11,14H,2-3,6-7,18H2,1H3;1H. The second kappa shape index (κ2) is 5.89. The van der Waals surface area contributed by atoms with E-state index in [1.807, 2.05) is 0 Å². The number of rotatable bonds is 1. The molecule has 1 aromatic carbocycles. The lowest BCUT2D eigenvalue weighted by atomic mass is 9.98. The second-order valence-electron chi connectivity index (χ2n) is 5.96. The number of halogens is 3. The Morgan fingerprint density at radius 1 is 1.24 bits per heavy atom. The molecule has 0 aromatic heterocycles. The lowest BCUT2D eigenvalue weighted by Crippen LogP contribution is -2.34. The first-order valence-electron chi connectivity index (χ1n) is 6.98. The van der Waals surface area contributed by atoms with E-state index in [9.17, 15) is 13.6 Å². The van der Waals surface area contributed by atoms with Gasteiger partial charge < -0.3 is 10.6 Å². The van der Waals surface area contributed by atoms with Crippen molar-refractivity contribution in [2.75, 3.05) is 13.1 Å². The number of amides is 1. The molecule has 116 valence electrons. The summed E-state index contributed by atoms with van der Waals surface area (Å²) in [6.07, 6.45) is 2.03. The van der Waals surface area contributed by atoms with Crippen molar-refractivity contribution in [2.45, 2.75) is 25.8 Å². The first-order valence-corrected chi connectivity index (χ1v) is 6.98. The van der Waals surface area contributed by atoms with Crippen LogP contribution in [-0.4, -0.2) is 29.9 Å². The van der Waals surface area contributed by atoms with E-state index in [1.54, 1.807) is 4.90 Å². The van der Waals surface area contributed by atoms with Gasteiger partial charge in [-0.15, -0.1) is 12.4 Å². The van der Waals surface area contributed by atoms with Gasteiger partial charge in [0.05, 0.1) is 5.56 Å². The Morgan fingerprint density at radius 3 is 2.62 bits per heavy atom. The maximum atomic E-state index is 13.8. The summed E-state index contributed by atoms with van der Waals surface area (Å²) in [5, 5.41) is 0. The van der Waals surface area contributed by atoms with Gasteiger partial charge in [-0.25, -0.2) is 8.78 Å². The molecular weight excluding hydrogens is 298 g/mol. The van der Waals surface area contributed by atoms with Gasteiger partial charge >= 0.3 is 0 Å². The smallest absolute Gasteiger partial charge is 0.256 e. The lowest BCUT2D eigenvalue weighted by Gasteiger charge is -2.19. The van der Waals surface area contributed by atoms with Gasteiger partial charge in [0.2, 0.25) is 0 Å². The van der Waals surface area contributed by atoms with Crippen LogP contribution in [0.4, 0.5) is 8.78 Å². The van der Waals surface area contributed by atoms with E-state index in [0.717, 1.165) is 18.9 Å². The molecule has 1 aromatic rings. The first kappa shape index (κ1) is 16.2. The highest BCUT2D eigenvalue weighted by Crippen LogP contribution is 2.37. The van der Waals surface area contributed by atoms with E-state index < -0.39 is 11.6 Å². The van der Waals surface area contributed by atoms with Crippen molar-refractivity contribution in [3.05, 3.63) is 34.9 Å². The van der Waals surface area contributed by atoms with Crippen LogP contribution in [-0.2, 0) is 0 Å². The summed E-state index contributed by atoms with van der Waals surface area (Å²) in [4.78, 5) is 14.0. The molecule has 6 heteroatoms. The monoisotopic (exact) mass is 316 g/mol. The third kappa shape index (κ3) is 2.77. The third-order valence-corrected chi connectivity index (χ3v) is 4.68. The van der Waals surface area contributed by atoms with Crippen LogP contribution < -0.4 is 5.73 Å². The molecule has 0 spiro atoms. The number of carbonyl (C=O) groups is 1. The average Bonchev–Trinajstić information content (AvgIpc) is 2.96. The summed E-state index contributed by atoms with van der Waals surface area (Å²) in [6, 6.07) is 2.21. The predicted octanol–water partition coefficient (Wildman–Crippen LogP) is 2.50. The van der Waals surface area contributed by atoms with Crippen molar-refractivity contribution in [1.82, 2.24) is 4.90 Å². The zero-order valence-electron chi connectivity index (χ0n) is 11.8. The van der Waals surface area contributed by atoms with Gasteiger partial charge in [-0.3, -0.25) is 4.79 Å². The molecule has 0 radical (unpaired) electrons. The fourth-order valence-corrected chi connectivity index (χ4v) is 3.46. The highest BCUT2D eigenvalue weighted by molar-refractivity contribution is 5.95. The van der Waals surface area contributed by atoms with Crippen molar-refractivity contribution >= 4 is 18.3 Å². The van der Waals surface area contributed by atoms with Crippen molar-refractivity contribution < 1.29 is 13.6 Å². The fourth-order valence-electron chi connectivity index (χ4n) is 3.46. The number of fused-ring (bicyclic) bond motifs is 1. The molecule has 1 saturated heterocycles. The van der Waals surface area contributed by atoms with E-state index in [4.69, 9.17) is 5.73 Å². The van der Waals surface area contributed by atoms with Crippen LogP contribution in [0.5, 0.6) is 0 Å². The highest BCUT2D eigenvalue weighted by Gasteiger charge is 2.42. The van der Waals surface area contributed by atoms with Crippen molar-refractivity contribution in [3.8, 4) is 0 Å². The van der Waals surface area contributed by atoms with Gasteiger partial charge in [0.1, 0.15) is 11.6 Å². The van der Waals surface area contributed by atoms with Crippen molar-refractivity contribution in [3.63, 3.8) is 0 Å². The summed E-state index contributed by atoms with van der Waals surface area (Å²) >= 11 is 0. The summed E-state index contributed by atoms with van der Waals surface area (Å²) in [5.41, 5.74) is 6.27. The Labute approximate surface area is 128 Å². The number of aryl methyl sites for hydroxylation is 1. The molecule has 1 aliphatic heterocycles. The van der Waals surface area contributed by atoms with Crippen molar-refractivity contribution in [2.24, 2.45) is 17.6 Å². The second-order valence-corrected chi connectivity index (χ2v) is 5.96. The van der Waals surface area contributed by atoms with Gasteiger partial charge in [-0.2, -0.15) is 0 Å². The molecular formula is C15H19ClF2N2O. The highest BCUT2D eigenvalue weighted by atomic mass is 35.5. The van der Waals surface area contributed by atoms with E-state index in [0.29, 0.717) is 24.9 Å². The van der Waals surface area contributed by atoms with Crippen LogP contribution in [0.25, 0.3) is 0 Å². The maximum absolute atomic E-state index is 13.8. The first-order chi connectivity index (χ1) is 9.47. The minimum atomic E-state index is -0.792. The number of carbonyl (C=O) groups excluding carboxylic acids is 1. The maximum Gasteiger partial charge on any atom is 0.256 e. The normalized spacial score (nSPS) is 27.4. The minimum absolute atomic E-state index is 0. The van der Waals surface area contributed by atoms with Gasteiger partial charge in [0, 0.05) is 25.2 Å².